The number of ether oxygens (including phenoxy) is 1. The molecule has 0 saturated heterocycles. The molecule has 0 heterocycles. The average Bonchev–Trinajstić information content (AvgIpc) is 2.78. The van der Waals surface area contributed by atoms with Crippen molar-refractivity contribution in [1.82, 2.24) is 0 Å². The van der Waals surface area contributed by atoms with Gasteiger partial charge in [0.2, 0.25) is 0 Å². The lowest BCUT2D eigenvalue weighted by Gasteiger charge is -2.35. The van der Waals surface area contributed by atoms with E-state index in [4.69, 9.17) is 4.74 Å². The fourth-order valence-electron chi connectivity index (χ4n) is 4.19. The number of allylic oxidation sites excluding steroid dienone is 1. The van der Waals surface area contributed by atoms with Crippen molar-refractivity contribution < 1.29 is 35.5 Å². The summed E-state index contributed by atoms with van der Waals surface area (Å²) in [5.41, 5.74) is -4.75. The molecule has 0 atom stereocenters. The fraction of sp³-hybridized carbons (Fsp3) is 0.231. The van der Waals surface area contributed by atoms with Crippen LogP contribution in [0.5, 0.6) is 5.75 Å². The molecule has 0 radical (unpaired) electrons. The van der Waals surface area contributed by atoms with Crippen molar-refractivity contribution in [2.24, 2.45) is 0 Å². The Labute approximate surface area is 191 Å². The maximum Gasteiger partial charge on any atom is 0.343 e. The molecule has 8 heteroatoms. The molecule has 0 amide bonds. The number of hydrogen-bond acceptors (Lipinski definition) is 1. The van der Waals surface area contributed by atoms with Gasteiger partial charge in [0.25, 0.3) is 0 Å². The molecule has 178 valence electrons. The molecule has 1 aliphatic rings. The van der Waals surface area contributed by atoms with Crippen molar-refractivity contribution in [3.05, 3.63) is 89.3 Å². The standard InChI is InChI=1S/C26H19F7O/c1-3-5-6-14-7-8-15(19(27)13-14)18-10-9-16-17-11-12-20(34-4-2)24(29)22(17)26(32,33)25(30,31)21(16)23(18)28/h3,7-13H,1,4-6H2,2H3. The van der Waals surface area contributed by atoms with Crippen LogP contribution >= 0.6 is 0 Å². The summed E-state index contributed by atoms with van der Waals surface area (Å²) >= 11 is 0. The van der Waals surface area contributed by atoms with Crippen molar-refractivity contribution in [3.8, 4) is 28.0 Å². The van der Waals surface area contributed by atoms with E-state index in [-0.39, 0.29) is 12.2 Å². The van der Waals surface area contributed by atoms with Gasteiger partial charge < -0.3 is 4.74 Å². The van der Waals surface area contributed by atoms with Crippen molar-refractivity contribution in [2.45, 2.75) is 31.6 Å². The summed E-state index contributed by atoms with van der Waals surface area (Å²) in [6.45, 7) is 4.97. The molecule has 4 rings (SSSR count). The van der Waals surface area contributed by atoms with Gasteiger partial charge in [-0.3, -0.25) is 0 Å². The minimum Gasteiger partial charge on any atom is -0.491 e. The Balaban J connectivity index is 1.94. The molecule has 0 aliphatic heterocycles. The smallest absolute Gasteiger partial charge is 0.343 e. The predicted molar refractivity (Wildman–Crippen MR) is 115 cm³/mol. The summed E-state index contributed by atoms with van der Waals surface area (Å²) in [6, 6.07) is 7.83. The third-order valence-corrected chi connectivity index (χ3v) is 5.82. The third-order valence-electron chi connectivity index (χ3n) is 5.82. The SMILES string of the molecule is C=CCCc1ccc(-c2ccc3c(c2F)C(F)(F)C(F)(F)c2c-3ccc(OCC)c2F)c(F)c1. The summed E-state index contributed by atoms with van der Waals surface area (Å²) in [6.07, 6.45) is 2.66. The van der Waals surface area contributed by atoms with Crippen molar-refractivity contribution in [3.63, 3.8) is 0 Å². The van der Waals surface area contributed by atoms with Crippen LogP contribution in [0.2, 0.25) is 0 Å². The highest BCUT2D eigenvalue weighted by Crippen LogP contribution is 2.60. The van der Waals surface area contributed by atoms with Crippen LogP contribution in [0.1, 0.15) is 30.0 Å². The second-order valence-electron chi connectivity index (χ2n) is 7.87. The van der Waals surface area contributed by atoms with Gasteiger partial charge in [-0.15, -0.1) is 6.58 Å². The summed E-state index contributed by atoms with van der Waals surface area (Å²) in [5, 5.41) is 0. The highest BCUT2D eigenvalue weighted by molar-refractivity contribution is 5.81. The predicted octanol–water partition coefficient (Wildman–Crippen LogP) is 8.15. The maximum absolute atomic E-state index is 15.4. The highest BCUT2D eigenvalue weighted by Gasteiger charge is 2.65. The molecule has 0 aromatic heterocycles. The van der Waals surface area contributed by atoms with Gasteiger partial charge in [-0.05, 0) is 54.7 Å². The van der Waals surface area contributed by atoms with Crippen molar-refractivity contribution in [1.29, 1.82) is 0 Å². The summed E-state index contributed by atoms with van der Waals surface area (Å²) in [4.78, 5) is 0. The van der Waals surface area contributed by atoms with E-state index in [0.29, 0.717) is 18.4 Å². The van der Waals surface area contributed by atoms with E-state index in [9.17, 15) is 8.78 Å². The Morgan fingerprint density at radius 3 is 1.94 bits per heavy atom. The lowest BCUT2D eigenvalue weighted by molar-refractivity contribution is -0.227. The Kier molecular flexibility index (Phi) is 5.96. The molecule has 0 unspecified atom stereocenters. The van der Waals surface area contributed by atoms with Crippen LogP contribution in [0.4, 0.5) is 30.7 Å². The van der Waals surface area contributed by atoms with E-state index in [0.717, 1.165) is 30.3 Å². The molecule has 3 aromatic carbocycles. The highest BCUT2D eigenvalue weighted by atomic mass is 19.3. The third kappa shape index (κ3) is 3.47. The van der Waals surface area contributed by atoms with E-state index in [1.54, 1.807) is 6.08 Å². The van der Waals surface area contributed by atoms with Gasteiger partial charge in [-0.25, -0.2) is 13.2 Å². The molecule has 1 nitrogen and oxygen atoms in total. The number of alkyl halides is 4. The molecule has 1 aliphatic carbocycles. The van der Waals surface area contributed by atoms with Crippen LogP contribution in [0.3, 0.4) is 0 Å². The first-order valence-corrected chi connectivity index (χ1v) is 10.5. The number of benzene rings is 3. The lowest BCUT2D eigenvalue weighted by atomic mass is 9.78. The summed E-state index contributed by atoms with van der Waals surface area (Å²) < 4.78 is 110. The molecule has 0 spiro atoms. The van der Waals surface area contributed by atoms with E-state index in [2.05, 4.69) is 6.58 Å². The quantitative estimate of drug-likeness (QED) is 0.256. The number of rotatable bonds is 6. The Morgan fingerprint density at radius 2 is 1.35 bits per heavy atom. The van der Waals surface area contributed by atoms with Gasteiger partial charge in [-0.2, -0.15) is 17.6 Å². The van der Waals surface area contributed by atoms with Crippen LogP contribution < -0.4 is 4.74 Å². The number of aryl methyl sites for hydroxylation is 1. The first-order valence-electron chi connectivity index (χ1n) is 10.5. The zero-order chi connectivity index (χ0) is 24.8. The van der Waals surface area contributed by atoms with Crippen LogP contribution in [-0.2, 0) is 18.3 Å². The monoisotopic (exact) mass is 480 g/mol. The van der Waals surface area contributed by atoms with Gasteiger partial charge in [0.15, 0.2) is 11.6 Å². The van der Waals surface area contributed by atoms with E-state index < -0.39 is 62.9 Å². The van der Waals surface area contributed by atoms with Crippen LogP contribution in [0.15, 0.2) is 55.1 Å². The summed E-state index contributed by atoms with van der Waals surface area (Å²) in [5.74, 6) is -15.0. The van der Waals surface area contributed by atoms with Crippen LogP contribution in [0, 0.1) is 17.5 Å². The molecule has 34 heavy (non-hydrogen) atoms. The number of hydrogen-bond donors (Lipinski definition) is 0. The Bertz CT molecular complexity index is 1280. The molecule has 3 aromatic rings. The zero-order valence-electron chi connectivity index (χ0n) is 18.0. The van der Waals surface area contributed by atoms with Gasteiger partial charge in [-0.1, -0.05) is 30.3 Å². The average molecular weight is 480 g/mol. The second kappa shape index (κ2) is 8.49. The number of fused-ring (bicyclic) bond motifs is 3. The van der Waals surface area contributed by atoms with Crippen molar-refractivity contribution in [2.75, 3.05) is 6.61 Å². The fourth-order valence-corrected chi connectivity index (χ4v) is 4.19. The van der Waals surface area contributed by atoms with Crippen LogP contribution in [-0.4, -0.2) is 6.61 Å². The van der Waals surface area contributed by atoms with E-state index >= 15 is 22.0 Å². The van der Waals surface area contributed by atoms with Gasteiger partial charge in [0.05, 0.1) is 17.7 Å². The Hall–Kier alpha value is -3.29. The van der Waals surface area contributed by atoms with E-state index in [1.165, 1.54) is 19.1 Å². The molecule has 0 N–H and O–H groups in total. The Morgan fingerprint density at radius 1 is 0.794 bits per heavy atom. The molecule has 0 saturated carbocycles. The van der Waals surface area contributed by atoms with Crippen LogP contribution in [0.25, 0.3) is 22.3 Å². The largest absolute Gasteiger partial charge is 0.491 e. The maximum atomic E-state index is 15.4. The zero-order valence-corrected chi connectivity index (χ0v) is 18.0. The number of halogens is 7. The van der Waals surface area contributed by atoms with Gasteiger partial charge in [0.1, 0.15) is 11.6 Å². The first kappa shape index (κ1) is 23.9. The normalized spacial score (nSPS) is 15.4. The first-order chi connectivity index (χ1) is 16.1. The summed E-state index contributed by atoms with van der Waals surface area (Å²) in [7, 11) is 0. The minimum absolute atomic E-state index is 0.0792. The minimum atomic E-state index is -5.11. The second-order valence-corrected chi connectivity index (χ2v) is 7.87. The lowest BCUT2D eigenvalue weighted by Crippen LogP contribution is -2.41. The van der Waals surface area contributed by atoms with Crippen molar-refractivity contribution >= 4 is 0 Å². The molecular weight excluding hydrogens is 461 g/mol. The topological polar surface area (TPSA) is 9.23 Å². The molecule has 0 fully saturated rings. The molecular formula is C26H19F7O. The van der Waals surface area contributed by atoms with Gasteiger partial charge >= 0.3 is 11.8 Å². The van der Waals surface area contributed by atoms with E-state index in [1.807, 2.05) is 0 Å². The molecule has 0 bridgehead atoms. The van der Waals surface area contributed by atoms with Gasteiger partial charge in [0, 0.05) is 11.1 Å².